The van der Waals surface area contributed by atoms with E-state index >= 15 is 0 Å². The smallest absolute Gasteiger partial charge is 0.257 e. The minimum Gasteiger partial charge on any atom is -0.298 e. The number of rotatable bonds is 5. The molecule has 0 saturated heterocycles. The molecule has 3 rings (SSSR count). The van der Waals surface area contributed by atoms with E-state index in [2.05, 4.69) is 43.2 Å². The predicted molar refractivity (Wildman–Crippen MR) is 105 cm³/mol. The summed E-state index contributed by atoms with van der Waals surface area (Å²) in [5.74, 6) is 1.38. The zero-order chi connectivity index (χ0) is 17.1. The Labute approximate surface area is 150 Å². The van der Waals surface area contributed by atoms with Crippen molar-refractivity contribution in [1.82, 2.24) is 4.98 Å². The molecule has 0 aliphatic carbocycles. The van der Waals surface area contributed by atoms with E-state index in [-0.39, 0.29) is 5.91 Å². The Hall–Kier alpha value is -1.85. The van der Waals surface area contributed by atoms with Crippen LogP contribution in [0.5, 0.6) is 0 Å². The van der Waals surface area contributed by atoms with Crippen molar-refractivity contribution in [2.75, 3.05) is 11.1 Å². The number of aromatic nitrogens is 1. The Kier molecular flexibility index (Phi) is 5.21. The van der Waals surface area contributed by atoms with Gasteiger partial charge < -0.3 is 0 Å². The topological polar surface area (TPSA) is 42.0 Å². The third-order valence-electron chi connectivity index (χ3n) is 3.73. The number of hydrogen-bond acceptors (Lipinski definition) is 4. The highest BCUT2D eigenvalue weighted by Crippen LogP contribution is 2.29. The molecule has 2 aromatic carbocycles. The average Bonchev–Trinajstić information content (AvgIpc) is 2.97. The molecule has 0 aliphatic rings. The van der Waals surface area contributed by atoms with Crippen LogP contribution >= 0.6 is 23.1 Å². The van der Waals surface area contributed by atoms with Crippen molar-refractivity contribution < 1.29 is 4.79 Å². The summed E-state index contributed by atoms with van der Waals surface area (Å²) >= 11 is 3.28. The molecule has 0 bridgehead atoms. The summed E-state index contributed by atoms with van der Waals surface area (Å²) in [6.07, 6.45) is 0. The maximum absolute atomic E-state index is 12.4. The summed E-state index contributed by atoms with van der Waals surface area (Å²) < 4.78 is 1.10. The van der Waals surface area contributed by atoms with Crippen molar-refractivity contribution >= 4 is 44.4 Å². The summed E-state index contributed by atoms with van der Waals surface area (Å²) in [5.41, 5.74) is 2.86. The first-order valence-electron chi connectivity index (χ1n) is 8.01. The quantitative estimate of drug-likeness (QED) is 0.589. The molecule has 0 spiro atoms. The molecule has 1 amide bonds. The van der Waals surface area contributed by atoms with Gasteiger partial charge in [0, 0.05) is 10.5 Å². The highest BCUT2D eigenvalue weighted by atomic mass is 32.2. The number of thiazole rings is 1. The highest BCUT2D eigenvalue weighted by Gasteiger charge is 2.11. The van der Waals surface area contributed by atoms with E-state index < -0.39 is 0 Å². The van der Waals surface area contributed by atoms with Crippen molar-refractivity contribution in [3.63, 3.8) is 0 Å². The van der Waals surface area contributed by atoms with E-state index in [1.165, 1.54) is 21.8 Å². The summed E-state index contributed by atoms with van der Waals surface area (Å²) in [7, 11) is 0. The monoisotopic (exact) mass is 356 g/mol. The van der Waals surface area contributed by atoms with Crippen LogP contribution in [-0.2, 0) is 0 Å². The second-order valence-electron chi connectivity index (χ2n) is 5.81. The number of carbonyl (C=O) groups excluding carboxylic acids is 1. The first-order chi connectivity index (χ1) is 11.6. The molecule has 1 N–H and O–H groups in total. The number of fused-ring (bicyclic) bond motifs is 1. The Morgan fingerprint density at radius 1 is 1.21 bits per heavy atom. The lowest BCUT2D eigenvalue weighted by molar-refractivity contribution is 0.102. The van der Waals surface area contributed by atoms with E-state index in [1.54, 1.807) is 11.8 Å². The van der Waals surface area contributed by atoms with Crippen molar-refractivity contribution in [2.45, 2.75) is 31.6 Å². The number of carbonyl (C=O) groups is 1. The maximum atomic E-state index is 12.4. The second-order valence-corrected chi connectivity index (χ2v) is 8.18. The zero-order valence-corrected chi connectivity index (χ0v) is 15.6. The number of thioether (sulfide) groups is 1. The first kappa shape index (κ1) is 17.0. The number of nitrogens with zero attached hydrogens (tertiary/aromatic N) is 1. The van der Waals surface area contributed by atoms with Gasteiger partial charge in [0.25, 0.3) is 5.91 Å². The van der Waals surface area contributed by atoms with Gasteiger partial charge in [-0.25, -0.2) is 4.98 Å². The average molecular weight is 357 g/mol. The van der Waals surface area contributed by atoms with Crippen molar-refractivity contribution in [3.8, 4) is 0 Å². The molecule has 0 aliphatic heterocycles. The van der Waals surface area contributed by atoms with Crippen molar-refractivity contribution in [1.29, 1.82) is 0 Å². The van der Waals surface area contributed by atoms with Gasteiger partial charge in [0.2, 0.25) is 0 Å². The van der Waals surface area contributed by atoms with Gasteiger partial charge in [-0.15, -0.1) is 11.8 Å². The van der Waals surface area contributed by atoms with Crippen molar-refractivity contribution in [2.24, 2.45) is 0 Å². The van der Waals surface area contributed by atoms with Crippen LogP contribution in [0.2, 0.25) is 0 Å². The lowest BCUT2D eigenvalue weighted by atomic mass is 10.0. The highest BCUT2D eigenvalue weighted by molar-refractivity contribution is 7.99. The van der Waals surface area contributed by atoms with Crippen LogP contribution in [-0.4, -0.2) is 16.6 Å². The fourth-order valence-electron chi connectivity index (χ4n) is 2.39. The molecule has 24 heavy (non-hydrogen) atoms. The number of benzene rings is 2. The lowest BCUT2D eigenvalue weighted by Crippen LogP contribution is -2.11. The largest absolute Gasteiger partial charge is 0.298 e. The van der Waals surface area contributed by atoms with Crippen LogP contribution in [0.3, 0.4) is 0 Å². The SMILES string of the molecule is CCSc1ccc(C(=O)Nc2nc3ccc(C(C)C)cc3s2)cc1. The van der Waals surface area contributed by atoms with E-state index in [1.807, 2.05) is 30.3 Å². The van der Waals surface area contributed by atoms with Crippen LogP contribution in [0.1, 0.15) is 42.6 Å². The molecule has 1 heterocycles. The first-order valence-corrected chi connectivity index (χ1v) is 9.81. The lowest BCUT2D eigenvalue weighted by Gasteiger charge is -2.03. The predicted octanol–water partition coefficient (Wildman–Crippen LogP) is 5.78. The van der Waals surface area contributed by atoms with Gasteiger partial charge in [-0.05, 0) is 53.6 Å². The Balaban J connectivity index is 1.77. The summed E-state index contributed by atoms with van der Waals surface area (Å²) in [6, 6.07) is 14.0. The van der Waals surface area contributed by atoms with Crippen LogP contribution in [0.4, 0.5) is 5.13 Å². The summed E-state index contributed by atoms with van der Waals surface area (Å²) in [5, 5.41) is 3.55. The minimum absolute atomic E-state index is 0.119. The molecular formula is C19H20N2OS2. The third kappa shape index (κ3) is 3.79. The van der Waals surface area contributed by atoms with Crippen LogP contribution in [0, 0.1) is 0 Å². The van der Waals surface area contributed by atoms with Gasteiger partial charge in [-0.3, -0.25) is 10.1 Å². The Morgan fingerprint density at radius 2 is 1.96 bits per heavy atom. The van der Waals surface area contributed by atoms with Gasteiger partial charge in [0.15, 0.2) is 5.13 Å². The van der Waals surface area contributed by atoms with Crippen molar-refractivity contribution in [3.05, 3.63) is 53.6 Å². The third-order valence-corrected chi connectivity index (χ3v) is 5.55. The zero-order valence-electron chi connectivity index (χ0n) is 14.0. The van der Waals surface area contributed by atoms with Gasteiger partial charge in [0.05, 0.1) is 10.2 Å². The standard InChI is InChI=1S/C19H20N2OS2/c1-4-23-15-8-5-13(6-9-15)18(22)21-19-20-16-10-7-14(12(2)3)11-17(16)24-19/h5-12H,4H2,1-3H3,(H,20,21,22). The fraction of sp³-hybridized carbons (Fsp3) is 0.263. The molecule has 0 atom stereocenters. The fourth-order valence-corrected chi connectivity index (χ4v) is 3.96. The summed E-state index contributed by atoms with van der Waals surface area (Å²) in [4.78, 5) is 18.1. The number of anilines is 1. The molecule has 124 valence electrons. The summed E-state index contributed by atoms with van der Waals surface area (Å²) in [6.45, 7) is 6.46. The molecule has 1 aromatic heterocycles. The van der Waals surface area contributed by atoms with Gasteiger partial charge in [-0.2, -0.15) is 0 Å². The van der Waals surface area contributed by atoms with Gasteiger partial charge in [0.1, 0.15) is 0 Å². The number of amides is 1. The van der Waals surface area contributed by atoms with E-state index in [0.717, 1.165) is 16.0 Å². The minimum atomic E-state index is -0.119. The number of nitrogens with one attached hydrogen (secondary N) is 1. The molecule has 0 radical (unpaired) electrons. The molecule has 0 fully saturated rings. The molecular weight excluding hydrogens is 336 g/mol. The van der Waals surface area contributed by atoms with Gasteiger partial charge in [-0.1, -0.05) is 38.2 Å². The Bertz CT molecular complexity index is 853. The molecule has 3 aromatic rings. The van der Waals surface area contributed by atoms with E-state index in [9.17, 15) is 4.79 Å². The second kappa shape index (κ2) is 7.36. The number of hydrogen-bond donors (Lipinski definition) is 1. The van der Waals surface area contributed by atoms with Gasteiger partial charge >= 0.3 is 0 Å². The normalized spacial score (nSPS) is 11.2. The van der Waals surface area contributed by atoms with E-state index in [0.29, 0.717) is 16.6 Å². The molecule has 5 heteroatoms. The maximum Gasteiger partial charge on any atom is 0.257 e. The van der Waals surface area contributed by atoms with E-state index in [4.69, 9.17) is 0 Å². The van der Waals surface area contributed by atoms with Crippen LogP contribution < -0.4 is 5.32 Å². The Morgan fingerprint density at radius 3 is 2.62 bits per heavy atom. The molecule has 0 saturated carbocycles. The molecule has 0 unspecified atom stereocenters. The molecule has 3 nitrogen and oxygen atoms in total. The van der Waals surface area contributed by atoms with Crippen LogP contribution in [0.15, 0.2) is 47.4 Å². The van der Waals surface area contributed by atoms with Crippen LogP contribution in [0.25, 0.3) is 10.2 Å².